The van der Waals surface area contributed by atoms with Crippen molar-refractivity contribution >= 4 is 17.4 Å². The van der Waals surface area contributed by atoms with E-state index in [2.05, 4.69) is 10.3 Å². The van der Waals surface area contributed by atoms with Gasteiger partial charge in [-0.2, -0.15) is 0 Å². The van der Waals surface area contributed by atoms with Crippen LogP contribution in [0.4, 0.5) is 5.69 Å². The second kappa shape index (κ2) is 2.34. The smallest absolute Gasteiger partial charge is 0.126 e. The summed E-state index contributed by atoms with van der Waals surface area (Å²) in [7, 11) is 0. The fourth-order valence-electron chi connectivity index (χ4n) is 0.777. The highest BCUT2D eigenvalue weighted by molar-refractivity contribution is 8.02. The lowest BCUT2D eigenvalue weighted by Gasteiger charge is -2.06. The van der Waals surface area contributed by atoms with Crippen molar-refractivity contribution < 1.29 is 0 Å². The van der Waals surface area contributed by atoms with Crippen LogP contribution >= 0.6 is 11.8 Å². The predicted molar refractivity (Wildman–Crippen MR) is 41.0 cm³/mol. The molecule has 0 aliphatic carbocycles. The summed E-state index contributed by atoms with van der Waals surface area (Å²) in [6, 6.07) is 3.85. The second-order valence-electron chi connectivity index (χ2n) is 1.86. The number of hydrogen-bond acceptors (Lipinski definition) is 2. The van der Waals surface area contributed by atoms with Crippen LogP contribution < -0.4 is 5.32 Å². The van der Waals surface area contributed by atoms with Crippen molar-refractivity contribution in [3.63, 3.8) is 0 Å². The zero-order valence-electron chi connectivity index (χ0n) is 5.19. The Morgan fingerprint density at radius 2 is 2.40 bits per heavy atom. The third-order valence-corrected chi connectivity index (χ3v) is 2.00. The minimum Gasteiger partial charge on any atom is -0.253 e. The summed E-state index contributed by atoms with van der Waals surface area (Å²) in [6.07, 6.45) is 3.56. The van der Waals surface area contributed by atoms with E-state index in [4.69, 9.17) is 0 Å². The Hall–Kier alpha value is -0.960. The van der Waals surface area contributed by atoms with Gasteiger partial charge in [-0.05, 0) is 17.5 Å². The van der Waals surface area contributed by atoms with Crippen molar-refractivity contribution in [3.8, 4) is 0 Å². The molecule has 1 radical (unpaired) electrons. The fraction of sp³-hybridized carbons (Fsp3) is 0. The van der Waals surface area contributed by atoms with Crippen LogP contribution in [0.5, 0.6) is 0 Å². The third kappa shape index (κ3) is 0.885. The largest absolute Gasteiger partial charge is 0.253 e. The van der Waals surface area contributed by atoms with Gasteiger partial charge in [0.2, 0.25) is 0 Å². The monoisotopic (exact) mass is 149 g/mol. The molecule has 0 spiro atoms. The molecular weight excluding hydrogens is 144 g/mol. The van der Waals surface area contributed by atoms with Crippen molar-refractivity contribution in [2.75, 3.05) is 0 Å². The van der Waals surface area contributed by atoms with E-state index in [1.807, 2.05) is 17.5 Å². The minimum atomic E-state index is 0.968. The van der Waals surface area contributed by atoms with Crippen LogP contribution in [0, 0.1) is 0 Å². The normalized spacial score (nSPS) is 14.0. The van der Waals surface area contributed by atoms with Crippen LogP contribution in [0.25, 0.3) is 0 Å². The van der Waals surface area contributed by atoms with Gasteiger partial charge in [-0.3, -0.25) is 5.32 Å². The van der Waals surface area contributed by atoms with Gasteiger partial charge in [-0.25, -0.2) is 4.98 Å². The first-order chi connectivity index (χ1) is 4.97. The molecule has 49 valence electrons. The van der Waals surface area contributed by atoms with Crippen LogP contribution in [0.15, 0.2) is 35.0 Å². The van der Waals surface area contributed by atoms with Gasteiger partial charge in [-0.15, -0.1) is 0 Å². The summed E-state index contributed by atoms with van der Waals surface area (Å²) in [5.74, 6) is 0. The topological polar surface area (TPSA) is 27.0 Å². The molecule has 0 atom stereocenters. The number of fused-ring (bicyclic) bond motifs is 1. The highest BCUT2D eigenvalue weighted by Gasteiger charge is 2.04. The Bertz CT molecular complexity index is 243. The zero-order valence-corrected chi connectivity index (χ0v) is 6.01. The third-order valence-electron chi connectivity index (χ3n) is 1.21. The summed E-state index contributed by atoms with van der Waals surface area (Å²) < 4.78 is 0. The Morgan fingerprint density at radius 3 is 3.30 bits per heavy atom. The van der Waals surface area contributed by atoms with Crippen LogP contribution in [-0.4, -0.2) is 4.98 Å². The van der Waals surface area contributed by atoms with Gasteiger partial charge in [0.1, 0.15) is 5.03 Å². The number of hydrogen-bond donors (Lipinski definition) is 0. The van der Waals surface area contributed by atoms with E-state index in [0.717, 1.165) is 10.7 Å². The van der Waals surface area contributed by atoms with Crippen LogP contribution in [-0.2, 0) is 0 Å². The quantitative estimate of drug-likeness (QED) is 0.563. The first-order valence-corrected chi connectivity index (χ1v) is 3.82. The van der Waals surface area contributed by atoms with Crippen molar-refractivity contribution in [3.05, 3.63) is 29.9 Å². The van der Waals surface area contributed by atoms with E-state index in [-0.39, 0.29) is 0 Å². The molecule has 0 unspecified atom stereocenters. The van der Waals surface area contributed by atoms with Gasteiger partial charge in [0.25, 0.3) is 0 Å². The molecule has 2 heterocycles. The first kappa shape index (κ1) is 5.80. The maximum absolute atomic E-state index is 4.14. The molecule has 0 bridgehead atoms. The number of nitrogens with zero attached hydrogens (tertiary/aromatic N) is 2. The molecule has 1 aliphatic heterocycles. The van der Waals surface area contributed by atoms with Crippen molar-refractivity contribution in [2.45, 2.75) is 5.03 Å². The number of aromatic nitrogens is 1. The van der Waals surface area contributed by atoms with Gasteiger partial charge in [-0.1, -0.05) is 11.8 Å². The minimum absolute atomic E-state index is 0.968. The summed E-state index contributed by atoms with van der Waals surface area (Å²) >= 11 is 1.60. The van der Waals surface area contributed by atoms with Crippen molar-refractivity contribution in [2.24, 2.45) is 0 Å². The van der Waals surface area contributed by atoms with Gasteiger partial charge in [0, 0.05) is 12.4 Å². The van der Waals surface area contributed by atoms with Gasteiger partial charge >= 0.3 is 0 Å². The molecule has 10 heavy (non-hydrogen) atoms. The molecule has 2 nitrogen and oxygen atoms in total. The van der Waals surface area contributed by atoms with Crippen molar-refractivity contribution in [1.29, 1.82) is 0 Å². The lowest BCUT2D eigenvalue weighted by molar-refractivity contribution is 1.03. The summed E-state index contributed by atoms with van der Waals surface area (Å²) in [5, 5.41) is 7.05. The molecule has 1 aliphatic rings. The van der Waals surface area contributed by atoms with Gasteiger partial charge in [0.05, 0.1) is 5.69 Å². The summed E-state index contributed by atoms with van der Waals surface area (Å²) in [6.45, 7) is 0. The number of thioether (sulfide) groups is 1. The van der Waals surface area contributed by atoms with E-state index in [1.165, 1.54) is 0 Å². The lowest BCUT2D eigenvalue weighted by Crippen LogP contribution is -1.93. The van der Waals surface area contributed by atoms with Gasteiger partial charge in [0.15, 0.2) is 0 Å². The molecular formula is C7H5N2S. The molecule has 0 saturated carbocycles. The molecule has 1 aromatic heterocycles. The van der Waals surface area contributed by atoms with Crippen molar-refractivity contribution in [1.82, 2.24) is 10.3 Å². The Labute approximate surface area is 63.4 Å². The maximum atomic E-state index is 4.14. The molecule has 1 aromatic rings. The highest BCUT2D eigenvalue weighted by Crippen LogP contribution is 2.28. The molecule has 2 rings (SSSR count). The second-order valence-corrected chi connectivity index (χ2v) is 2.75. The Morgan fingerprint density at radius 1 is 1.40 bits per heavy atom. The average molecular weight is 149 g/mol. The highest BCUT2D eigenvalue weighted by atomic mass is 32.2. The molecule has 0 amide bonds. The average Bonchev–Trinajstić information content (AvgIpc) is 2.05. The molecule has 0 N–H and O–H groups in total. The van der Waals surface area contributed by atoms with Crippen LogP contribution in [0.3, 0.4) is 0 Å². The maximum Gasteiger partial charge on any atom is 0.126 e. The molecule has 0 aromatic carbocycles. The summed E-state index contributed by atoms with van der Waals surface area (Å²) in [4.78, 5) is 4.14. The Kier molecular flexibility index (Phi) is 1.36. The van der Waals surface area contributed by atoms with Crippen LogP contribution in [0.1, 0.15) is 0 Å². The van der Waals surface area contributed by atoms with Crippen LogP contribution in [0.2, 0.25) is 0 Å². The van der Waals surface area contributed by atoms with E-state index in [9.17, 15) is 0 Å². The summed E-state index contributed by atoms with van der Waals surface area (Å²) in [5.41, 5.74) is 0.968. The Balaban J connectivity index is 2.47. The van der Waals surface area contributed by atoms with E-state index in [0.29, 0.717) is 0 Å². The van der Waals surface area contributed by atoms with Gasteiger partial charge < -0.3 is 0 Å². The van der Waals surface area contributed by atoms with E-state index in [1.54, 1.807) is 24.2 Å². The predicted octanol–water partition coefficient (Wildman–Crippen LogP) is 1.89. The van der Waals surface area contributed by atoms with E-state index < -0.39 is 0 Å². The molecule has 3 heteroatoms. The number of pyridine rings is 1. The lowest BCUT2D eigenvalue weighted by atomic mass is 10.4. The van der Waals surface area contributed by atoms with E-state index >= 15 is 0 Å². The molecule has 0 fully saturated rings. The zero-order chi connectivity index (χ0) is 6.81. The standard InChI is InChI=1S/C7H5N2S/c1-2-6-7(9-3-1)10-5-4-8-6/h1-5H. The first-order valence-electron chi connectivity index (χ1n) is 2.94. The molecule has 0 saturated heterocycles. The SMILES string of the molecule is C1=CSc2ncccc2[N]1. The number of rotatable bonds is 0. The fourth-order valence-corrected chi connectivity index (χ4v) is 1.39.